The number of aryl methyl sites for hydroxylation is 2. The Morgan fingerprint density at radius 3 is 2.78 bits per heavy atom. The van der Waals surface area contributed by atoms with Crippen LogP contribution in [0, 0.1) is 13.8 Å². The normalized spacial score (nSPS) is 15.9. The van der Waals surface area contributed by atoms with E-state index >= 15 is 0 Å². The van der Waals surface area contributed by atoms with E-state index in [4.69, 9.17) is 0 Å². The van der Waals surface area contributed by atoms with E-state index in [1.165, 1.54) is 0 Å². The van der Waals surface area contributed by atoms with Gasteiger partial charge in [-0.3, -0.25) is 4.79 Å². The van der Waals surface area contributed by atoms with Crippen molar-refractivity contribution in [2.45, 2.75) is 13.8 Å². The summed E-state index contributed by atoms with van der Waals surface area (Å²) in [4.78, 5) is 17.4. The Balaban J connectivity index is 2.12. The van der Waals surface area contributed by atoms with E-state index in [9.17, 15) is 4.79 Å². The number of hydrogen-bond acceptors (Lipinski definition) is 3. The molecule has 18 heavy (non-hydrogen) atoms. The minimum Gasteiger partial charge on any atom is -0.321 e. The smallest absolute Gasteiger partial charge is 0.256 e. The molecule has 1 aromatic heterocycles. The second kappa shape index (κ2) is 4.07. The highest BCUT2D eigenvalue weighted by molar-refractivity contribution is 7.12. The van der Waals surface area contributed by atoms with Gasteiger partial charge in [0, 0.05) is 11.3 Å². The van der Waals surface area contributed by atoms with Gasteiger partial charge in [0.15, 0.2) is 0 Å². The molecule has 0 bridgehead atoms. The van der Waals surface area contributed by atoms with Gasteiger partial charge in [0.05, 0.1) is 21.2 Å². The van der Waals surface area contributed by atoms with Crippen molar-refractivity contribution in [1.29, 1.82) is 0 Å². The van der Waals surface area contributed by atoms with Crippen molar-refractivity contribution in [2.24, 2.45) is 0 Å². The highest BCUT2D eigenvalue weighted by Gasteiger charge is 2.23. The number of anilines is 1. The fourth-order valence-corrected chi connectivity index (χ4v) is 2.97. The summed E-state index contributed by atoms with van der Waals surface area (Å²) in [5.41, 5.74) is 3.54. The minimum absolute atomic E-state index is 0.0401. The zero-order chi connectivity index (χ0) is 12.7. The number of nitrogens with zero attached hydrogens (tertiary/aromatic N) is 1. The zero-order valence-corrected chi connectivity index (χ0v) is 11.0. The molecule has 0 saturated heterocycles. The molecule has 3 nitrogen and oxygen atoms in total. The minimum atomic E-state index is -0.0401. The number of rotatable bonds is 1. The van der Waals surface area contributed by atoms with Crippen molar-refractivity contribution in [3.8, 4) is 0 Å². The topological polar surface area (TPSA) is 42.0 Å². The Hall–Kier alpha value is -1.94. The first-order valence-corrected chi connectivity index (χ1v) is 6.53. The van der Waals surface area contributed by atoms with Crippen LogP contribution in [0.5, 0.6) is 0 Å². The number of nitrogens with one attached hydrogen (secondary N) is 1. The molecule has 0 saturated carbocycles. The molecule has 90 valence electrons. The Labute approximate surface area is 109 Å². The predicted molar refractivity (Wildman–Crippen MR) is 74.5 cm³/mol. The average molecular weight is 256 g/mol. The van der Waals surface area contributed by atoms with E-state index in [1.54, 1.807) is 11.3 Å². The highest BCUT2D eigenvalue weighted by atomic mass is 32.1. The van der Waals surface area contributed by atoms with Crippen LogP contribution in [0.3, 0.4) is 0 Å². The van der Waals surface area contributed by atoms with Crippen LogP contribution in [0.25, 0.3) is 11.6 Å². The lowest BCUT2D eigenvalue weighted by molar-refractivity contribution is -0.110. The lowest BCUT2D eigenvalue weighted by Crippen LogP contribution is -2.03. The third-order valence-electron chi connectivity index (χ3n) is 2.92. The van der Waals surface area contributed by atoms with E-state index < -0.39 is 0 Å². The van der Waals surface area contributed by atoms with Gasteiger partial charge in [-0.25, -0.2) is 4.98 Å². The van der Waals surface area contributed by atoms with Crippen molar-refractivity contribution in [3.63, 3.8) is 0 Å². The molecule has 4 heteroatoms. The fraction of sp³-hybridized carbons (Fsp3) is 0.143. The molecule has 0 spiro atoms. The lowest BCUT2D eigenvalue weighted by Gasteiger charge is -1.96. The van der Waals surface area contributed by atoms with Gasteiger partial charge in [0.1, 0.15) is 0 Å². The van der Waals surface area contributed by atoms with E-state index in [0.29, 0.717) is 0 Å². The van der Waals surface area contributed by atoms with Gasteiger partial charge < -0.3 is 5.32 Å². The molecule has 0 radical (unpaired) electrons. The molecule has 0 aliphatic carbocycles. The third-order valence-corrected chi connectivity index (χ3v) is 3.94. The van der Waals surface area contributed by atoms with Crippen molar-refractivity contribution in [1.82, 2.24) is 4.98 Å². The average Bonchev–Trinajstić information content (AvgIpc) is 2.81. The van der Waals surface area contributed by atoms with Gasteiger partial charge in [-0.15, -0.1) is 11.3 Å². The molecule has 0 atom stereocenters. The summed E-state index contributed by atoms with van der Waals surface area (Å²) in [6, 6.07) is 7.74. The molecule has 1 aliphatic rings. The van der Waals surface area contributed by atoms with Crippen LogP contribution in [0.2, 0.25) is 0 Å². The Kier molecular flexibility index (Phi) is 2.52. The molecule has 1 aromatic carbocycles. The van der Waals surface area contributed by atoms with Gasteiger partial charge in [0.25, 0.3) is 5.91 Å². The lowest BCUT2D eigenvalue weighted by atomic mass is 10.1. The molecular weight excluding hydrogens is 244 g/mol. The molecule has 2 heterocycles. The van der Waals surface area contributed by atoms with Crippen molar-refractivity contribution < 1.29 is 4.79 Å². The Morgan fingerprint density at radius 2 is 2.06 bits per heavy atom. The van der Waals surface area contributed by atoms with E-state index in [2.05, 4.69) is 10.3 Å². The molecule has 3 rings (SSSR count). The number of amides is 1. The SMILES string of the molecule is Cc1nc(C)c(C=C2C(=O)Nc3ccccc32)s1. The van der Waals surface area contributed by atoms with Gasteiger partial charge in [0.2, 0.25) is 0 Å². The first kappa shape index (κ1) is 11.2. The Morgan fingerprint density at radius 1 is 1.28 bits per heavy atom. The maximum Gasteiger partial charge on any atom is 0.256 e. The maximum atomic E-state index is 12.0. The van der Waals surface area contributed by atoms with Crippen LogP contribution in [0.1, 0.15) is 21.1 Å². The van der Waals surface area contributed by atoms with Gasteiger partial charge in [-0.2, -0.15) is 0 Å². The zero-order valence-electron chi connectivity index (χ0n) is 10.2. The molecule has 1 N–H and O–H groups in total. The van der Waals surface area contributed by atoms with Crippen molar-refractivity contribution in [2.75, 3.05) is 5.32 Å². The fourth-order valence-electron chi connectivity index (χ4n) is 2.09. The summed E-state index contributed by atoms with van der Waals surface area (Å²) in [7, 11) is 0. The van der Waals surface area contributed by atoms with E-state index in [0.717, 1.165) is 32.4 Å². The molecule has 0 fully saturated rings. The first-order valence-electron chi connectivity index (χ1n) is 5.71. The molecule has 2 aromatic rings. The number of hydrogen-bond donors (Lipinski definition) is 1. The van der Waals surface area contributed by atoms with E-state index in [-0.39, 0.29) is 5.91 Å². The predicted octanol–water partition coefficient (Wildman–Crippen LogP) is 3.25. The second-order valence-corrected chi connectivity index (χ2v) is 5.48. The molecule has 1 aliphatic heterocycles. The van der Waals surface area contributed by atoms with Crippen LogP contribution in [-0.2, 0) is 4.79 Å². The monoisotopic (exact) mass is 256 g/mol. The quantitative estimate of drug-likeness (QED) is 0.796. The van der Waals surface area contributed by atoms with Crippen LogP contribution < -0.4 is 5.32 Å². The van der Waals surface area contributed by atoms with Crippen molar-refractivity contribution >= 4 is 34.6 Å². The molecule has 0 unspecified atom stereocenters. The number of aromatic nitrogens is 1. The third kappa shape index (κ3) is 1.75. The van der Waals surface area contributed by atoms with Crippen LogP contribution in [0.4, 0.5) is 5.69 Å². The number of benzene rings is 1. The summed E-state index contributed by atoms with van der Waals surface area (Å²) < 4.78 is 0. The summed E-state index contributed by atoms with van der Waals surface area (Å²) in [5.74, 6) is -0.0401. The number of para-hydroxylation sites is 1. The van der Waals surface area contributed by atoms with Crippen molar-refractivity contribution in [3.05, 3.63) is 45.4 Å². The highest BCUT2D eigenvalue weighted by Crippen LogP contribution is 2.34. The summed E-state index contributed by atoms with van der Waals surface area (Å²) in [6.45, 7) is 3.94. The van der Waals surface area contributed by atoms with Gasteiger partial charge >= 0.3 is 0 Å². The van der Waals surface area contributed by atoms with Crippen LogP contribution >= 0.6 is 11.3 Å². The summed E-state index contributed by atoms with van der Waals surface area (Å²) in [5, 5.41) is 3.89. The van der Waals surface area contributed by atoms with Gasteiger partial charge in [-0.05, 0) is 26.0 Å². The molecular formula is C14H12N2OS. The number of thiazole rings is 1. The van der Waals surface area contributed by atoms with E-state index in [1.807, 2.05) is 44.2 Å². The Bertz CT molecular complexity index is 670. The molecule has 1 amide bonds. The number of carbonyl (C=O) groups is 1. The largest absolute Gasteiger partial charge is 0.321 e. The number of fused-ring (bicyclic) bond motifs is 1. The second-order valence-electron chi connectivity index (χ2n) is 4.24. The summed E-state index contributed by atoms with van der Waals surface area (Å²) in [6.07, 6.45) is 1.93. The first-order chi connectivity index (χ1) is 8.65. The van der Waals surface area contributed by atoms with Crippen LogP contribution in [0.15, 0.2) is 24.3 Å². The van der Waals surface area contributed by atoms with Gasteiger partial charge in [-0.1, -0.05) is 18.2 Å². The maximum absolute atomic E-state index is 12.0. The standard InChI is InChI=1S/C14H12N2OS/c1-8-13(18-9(2)15-8)7-11-10-5-3-4-6-12(10)16-14(11)17/h3-7H,1-2H3,(H,16,17). The number of carbonyl (C=O) groups excluding carboxylic acids is 1. The van der Waals surface area contributed by atoms with Crippen LogP contribution in [-0.4, -0.2) is 10.9 Å². The summed E-state index contributed by atoms with van der Waals surface area (Å²) >= 11 is 1.61.